The van der Waals surface area contributed by atoms with Crippen LogP contribution in [-0.2, 0) is 13.6 Å². The van der Waals surface area contributed by atoms with Gasteiger partial charge in [-0.25, -0.2) is 9.98 Å². The molecule has 0 aliphatic carbocycles. The molecule has 0 spiro atoms. The minimum absolute atomic E-state index is 0.430. The molecule has 0 saturated carbocycles. The Kier molecular flexibility index (Phi) is 5.79. The van der Waals surface area contributed by atoms with Crippen molar-refractivity contribution in [1.29, 1.82) is 0 Å². The Balaban J connectivity index is 2.14. The lowest BCUT2D eigenvalue weighted by Gasteiger charge is -2.13. The minimum Gasteiger partial charge on any atom is -0.493 e. The van der Waals surface area contributed by atoms with Gasteiger partial charge >= 0.3 is 0 Å². The molecule has 0 aliphatic heterocycles. The molecular formula is C15H22N6O2. The van der Waals surface area contributed by atoms with Crippen LogP contribution in [-0.4, -0.2) is 41.5 Å². The van der Waals surface area contributed by atoms with Gasteiger partial charge in [0.25, 0.3) is 0 Å². The monoisotopic (exact) mass is 318 g/mol. The predicted octanol–water partition coefficient (Wildman–Crippen LogP) is 1.41. The number of aryl methyl sites for hydroxylation is 1. The van der Waals surface area contributed by atoms with Crippen LogP contribution in [0.4, 0.5) is 5.69 Å². The van der Waals surface area contributed by atoms with E-state index in [0.29, 0.717) is 24.0 Å². The van der Waals surface area contributed by atoms with Crippen LogP contribution in [0.15, 0.2) is 29.5 Å². The average molecular weight is 318 g/mol. The van der Waals surface area contributed by atoms with E-state index in [1.807, 2.05) is 32.2 Å². The fourth-order valence-corrected chi connectivity index (χ4v) is 1.97. The molecule has 0 fully saturated rings. The van der Waals surface area contributed by atoms with Crippen LogP contribution in [0.1, 0.15) is 12.7 Å². The largest absolute Gasteiger partial charge is 0.493 e. The second kappa shape index (κ2) is 8.02. The molecule has 124 valence electrons. The molecule has 8 heteroatoms. The third kappa shape index (κ3) is 4.35. The summed E-state index contributed by atoms with van der Waals surface area (Å²) < 4.78 is 12.2. The van der Waals surface area contributed by atoms with Crippen molar-refractivity contribution in [3.05, 3.63) is 30.4 Å². The van der Waals surface area contributed by atoms with Gasteiger partial charge in [0.1, 0.15) is 18.7 Å². The van der Waals surface area contributed by atoms with Crippen LogP contribution in [0, 0.1) is 0 Å². The molecule has 23 heavy (non-hydrogen) atoms. The highest BCUT2D eigenvalue weighted by molar-refractivity contribution is 5.93. The van der Waals surface area contributed by atoms with Gasteiger partial charge in [0.05, 0.1) is 14.2 Å². The normalized spacial score (nSPS) is 11.2. The lowest BCUT2D eigenvalue weighted by atomic mass is 10.3. The summed E-state index contributed by atoms with van der Waals surface area (Å²) in [4.78, 5) is 8.67. The van der Waals surface area contributed by atoms with Crippen molar-refractivity contribution < 1.29 is 9.47 Å². The zero-order valence-electron chi connectivity index (χ0n) is 13.8. The Labute approximate surface area is 135 Å². The fraction of sp³-hybridized carbons (Fsp3) is 0.400. The van der Waals surface area contributed by atoms with Crippen molar-refractivity contribution >= 4 is 11.6 Å². The molecule has 0 saturated heterocycles. The minimum atomic E-state index is 0.430. The maximum absolute atomic E-state index is 5.31. The highest BCUT2D eigenvalue weighted by Crippen LogP contribution is 2.29. The third-order valence-electron chi connectivity index (χ3n) is 3.17. The maximum Gasteiger partial charge on any atom is 0.196 e. The van der Waals surface area contributed by atoms with Gasteiger partial charge in [0.15, 0.2) is 17.5 Å². The molecule has 1 heterocycles. The number of anilines is 1. The van der Waals surface area contributed by atoms with Gasteiger partial charge in [-0.2, -0.15) is 5.10 Å². The molecule has 0 unspecified atom stereocenters. The van der Waals surface area contributed by atoms with Crippen LogP contribution in [0.25, 0.3) is 0 Å². The van der Waals surface area contributed by atoms with E-state index in [2.05, 4.69) is 25.7 Å². The Morgan fingerprint density at radius 3 is 2.65 bits per heavy atom. The van der Waals surface area contributed by atoms with Crippen molar-refractivity contribution in [2.75, 3.05) is 26.1 Å². The number of methoxy groups -OCH3 is 2. The van der Waals surface area contributed by atoms with E-state index in [0.717, 1.165) is 18.1 Å². The summed E-state index contributed by atoms with van der Waals surface area (Å²) in [5.74, 6) is 2.78. The summed E-state index contributed by atoms with van der Waals surface area (Å²) in [6.45, 7) is 3.19. The zero-order chi connectivity index (χ0) is 16.7. The van der Waals surface area contributed by atoms with Gasteiger partial charge in [-0.1, -0.05) is 0 Å². The predicted molar refractivity (Wildman–Crippen MR) is 89.0 cm³/mol. The third-order valence-corrected chi connectivity index (χ3v) is 3.17. The van der Waals surface area contributed by atoms with E-state index in [-0.39, 0.29) is 0 Å². The summed E-state index contributed by atoms with van der Waals surface area (Å²) >= 11 is 0. The molecule has 2 aromatic rings. The lowest BCUT2D eigenvalue weighted by Crippen LogP contribution is -2.30. The molecule has 0 amide bonds. The smallest absolute Gasteiger partial charge is 0.196 e. The van der Waals surface area contributed by atoms with Crippen LogP contribution >= 0.6 is 0 Å². The molecule has 0 atom stereocenters. The summed E-state index contributed by atoms with van der Waals surface area (Å²) in [5, 5.41) is 10.5. The van der Waals surface area contributed by atoms with Gasteiger partial charge in [0.2, 0.25) is 0 Å². The summed E-state index contributed by atoms with van der Waals surface area (Å²) in [5.41, 5.74) is 0.848. The highest BCUT2D eigenvalue weighted by atomic mass is 16.5. The Morgan fingerprint density at radius 2 is 2.04 bits per heavy atom. The molecule has 0 bridgehead atoms. The second-order valence-electron chi connectivity index (χ2n) is 4.69. The standard InChI is InChI=1S/C15H22N6O2/c1-5-16-15(17-9-14-18-10-19-21(14)2)20-11-6-7-12(22-3)13(8-11)23-4/h6-8,10H,5,9H2,1-4H3,(H2,16,17,20). The number of rotatable bonds is 6. The number of benzene rings is 1. The first-order chi connectivity index (χ1) is 11.2. The van der Waals surface area contributed by atoms with E-state index in [9.17, 15) is 0 Å². The highest BCUT2D eigenvalue weighted by Gasteiger charge is 2.07. The van der Waals surface area contributed by atoms with Gasteiger partial charge in [-0.15, -0.1) is 0 Å². The Bertz CT molecular complexity index is 668. The van der Waals surface area contributed by atoms with E-state index in [1.165, 1.54) is 6.33 Å². The molecule has 0 radical (unpaired) electrons. The van der Waals surface area contributed by atoms with Crippen LogP contribution < -0.4 is 20.1 Å². The van der Waals surface area contributed by atoms with Gasteiger partial charge < -0.3 is 20.1 Å². The van der Waals surface area contributed by atoms with Crippen molar-refractivity contribution in [3.8, 4) is 11.5 Å². The average Bonchev–Trinajstić information content (AvgIpc) is 2.97. The van der Waals surface area contributed by atoms with E-state index >= 15 is 0 Å². The van der Waals surface area contributed by atoms with E-state index in [1.54, 1.807) is 18.9 Å². The number of nitrogens with one attached hydrogen (secondary N) is 2. The molecule has 1 aromatic heterocycles. The first kappa shape index (κ1) is 16.6. The number of nitrogens with zero attached hydrogens (tertiary/aromatic N) is 4. The van der Waals surface area contributed by atoms with Crippen molar-refractivity contribution in [2.45, 2.75) is 13.5 Å². The quantitative estimate of drug-likeness (QED) is 0.619. The zero-order valence-corrected chi connectivity index (χ0v) is 13.8. The Hall–Kier alpha value is -2.77. The molecular weight excluding hydrogens is 296 g/mol. The number of aliphatic imine (C=N–C) groups is 1. The molecule has 8 nitrogen and oxygen atoms in total. The fourth-order valence-electron chi connectivity index (χ4n) is 1.97. The van der Waals surface area contributed by atoms with E-state index in [4.69, 9.17) is 9.47 Å². The number of ether oxygens (including phenoxy) is 2. The SMILES string of the molecule is CCNC(=NCc1ncnn1C)Nc1ccc(OC)c(OC)c1. The van der Waals surface area contributed by atoms with E-state index < -0.39 is 0 Å². The Morgan fingerprint density at radius 1 is 1.26 bits per heavy atom. The second-order valence-corrected chi connectivity index (χ2v) is 4.69. The van der Waals surface area contributed by atoms with Crippen molar-refractivity contribution in [3.63, 3.8) is 0 Å². The molecule has 0 aliphatic rings. The van der Waals surface area contributed by atoms with Crippen molar-refractivity contribution in [1.82, 2.24) is 20.1 Å². The van der Waals surface area contributed by atoms with Gasteiger partial charge in [-0.3, -0.25) is 4.68 Å². The molecule has 2 N–H and O–H groups in total. The number of aromatic nitrogens is 3. The lowest BCUT2D eigenvalue weighted by molar-refractivity contribution is 0.355. The van der Waals surface area contributed by atoms with Gasteiger partial charge in [0, 0.05) is 25.3 Å². The number of guanidine groups is 1. The van der Waals surface area contributed by atoms with Crippen LogP contribution in [0.2, 0.25) is 0 Å². The molecule has 1 aromatic carbocycles. The maximum atomic E-state index is 5.31. The summed E-state index contributed by atoms with van der Waals surface area (Å²) in [7, 11) is 5.05. The topological polar surface area (TPSA) is 85.6 Å². The van der Waals surface area contributed by atoms with Crippen LogP contribution in [0.3, 0.4) is 0 Å². The number of hydrogen-bond donors (Lipinski definition) is 2. The first-order valence-corrected chi connectivity index (χ1v) is 7.28. The summed E-state index contributed by atoms with van der Waals surface area (Å²) in [6.07, 6.45) is 1.51. The van der Waals surface area contributed by atoms with Crippen LogP contribution in [0.5, 0.6) is 11.5 Å². The summed E-state index contributed by atoms with van der Waals surface area (Å²) in [6, 6.07) is 5.60. The first-order valence-electron chi connectivity index (χ1n) is 7.28. The van der Waals surface area contributed by atoms with Crippen molar-refractivity contribution in [2.24, 2.45) is 12.0 Å². The molecule has 2 rings (SSSR count). The number of hydrogen-bond acceptors (Lipinski definition) is 5. The van der Waals surface area contributed by atoms with Gasteiger partial charge in [-0.05, 0) is 19.1 Å².